The Morgan fingerprint density at radius 1 is 1.50 bits per heavy atom. The van der Waals surface area contributed by atoms with Gasteiger partial charge in [-0.25, -0.2) is 4.79 Å². The van der Waals surface area contributed by atoms with Gasteiger partial charge < -0.3 is 10.4 Å². The second-order valence-electron chi connectivity index (χ2n) is 5.18. The third-order valence-electron chi connectivity index (χ3n) is 3.83. The fourth-order valence-corrected chi connectivity index (χ4v) is 2.61. The predicted octanol–water partition coefficient (Wildman–Crippen LogP) is 2.20. The molecule has 1 saturated heterocycles. The molecule has 1 aromatic carbocycles. The number of nitrogens with zero attached hydrogens (tertiary/aromatic N) is 1. The number of likely N-dealkylation sites (tertiary alicyclic amines) is 1. The molecule has 0 saturated carbocycles. The Hall–Kier alpha value is -1.99. The van der Waals surface area contributed by atoms with E-state index in [9.17, 15) is 4.79 Å². The Morgan fingerprint density at radius 3 is 2.80 bits per heavy atom. The van der Waals surface area contributed by atoms with Crippen LogP contribution in [0.5, 0.6) is 0 Å². The molecule has 4 heteroatoms. The van der Waals surface area contributed by atoms with Crippen LogP contribution in [0, 0.1) is 19.3 Å². The third-order valence-corrected chi connectivity index (χ3v) is 3.83. The number of terminal acetylenes is 1. The Labute approximate surface area is 119 Å². The fourth-order valence-electron chi connectivity index (χ4n) is 2.61. The lowest BCUT2D eigenvalue weighted by Gasteiger charge is -2.32. The molecule has 1 aliphatic heterocycles. The molecule has 20 heavy (non-hydrogen) atoms. The van der Waals surface area contributed by atoms with Crippen LogP contribution >= 0.6 is 0 Å². The van der Waals surface area contributed by atoms with Crippen molar-refractivity contribution >= 4 is 11.7 Å². The smallest absolute Gasteiger partial charge is 0.336 e. The molecule has 2 N–H and O–H groups in total. The number of carbonyl (C=O) groups is 1. The summed E-state index contributed by atoms with van der Waals surface area (Å²) < 4.78 is 0. The SMILES string of the molecule is C#CCN1CCC(Nc2cccc(C(=O)O)c2C)CC1. The number of carboxylic acids is 1. The zero-order valence-electron chi connectivity index (χ0n) is 11.7. The van der Waals surface area contributed by atoms with Gasteiger partial charge >= 0.3 is 5.97 Å². The van der Waals surface area contributed by atoms with Crippen molar-refractivity contribution in [3.05, 3.63) is 29.3 Å². The summed E-state index contributed by atoms with van der Waals surface area (Å²) in [5, 5.41) is 12.6. The van der Waals surface area contributed by atoms with Crippen LogP contribution in [-0.2, 0) is 0 Å². The van der Waals surface area contributed by atoms with Crippen molar-refractivity contribution < 1.29 is 9.90 Å². The van der Waals surface area contributed by atoms with Crippen molar-refractivity contribution in [3.8, 4) is 12.3 Å². The number of aromatic carboxylic acids is 1. The number of carboxylic acid groups (broad SMARTS) is 1. The molecule has 106 valence electrons. The molecule has 0 bridgehead atoms. The molecule has 0 aliphatic carbocycles. The summed E-state index contributed by atoms with van der Waals surface area (Å²) in [5.74, 6) is 1.79. The summed E-state index contributed by atoms with van der Waals surface area (Å²) in [6, 6.07) is 5.74. The average molecular weight is 272 g/mol. The van der Waals surface area contributed by atoms with E-state index in [0.29, 0.717) is 18.2 Å². The van der Waals surface area contributed by atoms with Gasteiger partial charge in [0, 0.05) is 24.8 Å². The summed E-state index contributed by atoms with van der Waals surface area (Å²) in [7, 11) is 0. The summed E-state index contributed by atoms with van der Waals surface area (Å²) in [6.07, 6.45) is 7.37. The first-order valence-corrected chi connectivity index (χ1v) is 6.87. The molecule has 1 aliphatic rings. The maximum absolute atomic E-state index is 11.1. The molecule has 1 aromatic rings. The van der Waals surface area contributed by atoms with Crippen molar-refractivity contribution in [1.29, 1.82) is 0 Å². The number of benzene rings is 1. The zero-order chi connectivity index (χ0) is 14.5. The topological polar surface area (TPSA) is 52.6 Å². The van der Waals surface area contributed by atoms with Gasteiger partial charge in [-0.3, -0.25) is 4.90 Å². The van der Waals surface area contributed by atoms with Gasteiger partial charge in [0.2, 0.25) is 0 Å². The lowest BCUT2D eigenvalue weighted by atomic mass is 10.0. The number of hydrogen-bond acceptors (Lipinski definition) is 3. The maximum atomic E-state index is 11.1. The predicted molar refractivity (Wildman–Crippen MR) is 80.1 cm³/mol. The average Bonchev–Trinajstić information content (AvgIpc) is 2.43. The van der Waals surface area contributed by atoms with Crippen molar-refractivity contribution in [1.82, 2.24) is 4.90 Å². The minimum absolute atomic E-state index is 0.361. The second kappa shape index (κ2) is 6.44. The minimum Gasteiger partial charge on any atom is -0.478 e. The quantitative estimate of drug-likeness (QED) is 0.825. The number of piperidine rings is 1. The van der Waals surface area contributed by atoms with E-state index in [1.807, 2.05) is 13.0 Å². The molecule has 0 atom stereocenters. The molecule has 4 nitrogen and oxygen atoms in total. The maximum Gasteiger partial charge on any atom is 0.336 e. The first-order chi connectivity index (χ1) is 9.61. The van der Waals surface area contributed by atoms with Gasteiger partial charge in [0.25, 0.3) is 0 Å². The summed E-state index contributed by atoms with van der Waals surface area (Å²) in [5.41, 5.74) is 2.08. The van der Waals surface area contributed by atoms with Crippen molar-refractivity contribution in [3.63, 3.8) is 0 Å². The lowest BCUT2D eigenvalue weighted by Crippen LogP contribution is -2.39. The van der Waals surface area contributed by atoms with Gasteiger partial charge in [-0.15, -0.1) is 6.42 Å². The van der Waals surface area contributed by atoms with Crippen LogP contribution in [0.25, 0.3) is 0 Å². The molecule has 0 aromatic heterocycles. The lowest BCUT2D eigenvalue weighted by molar-refractivity contribution is 0.0696. The monoisotopic (exact) mass is 272 g/mol. The Kier molecular flexibility index (Phi) is 4.65. The van der Waals surface area contributed by atoms with E-state index in [2.05, 4.69) is 16.1 Å². The Bertz CT molecular complexity index is 526. The Morgan fingerprint density at radius 2 is 2.20 bits per heavy atom. The normalized spacial score (nSPS) is 16.6. The molecule has 0 radical (unpaired) electrons. The molecular weight excluding hydrogens is 252 g/mol. The van der Waals surface area contributed by atoms with Gasteiger partial charge in [0.15, 0.2) is 0 Å². The molecule has 1 fully saturated rings. The number of nitrogens with one attached hydrogen (secondary N) is 1. The molecule has 2 rings (SSSR count). The van der Waals surface area contributed by atoms with Crippen LogP contribution in [-0.4, -0.2) is 41.7 Å². The van der Waals surface area contributed by atoms with Crippen molar-refractivity contribution in [2.75, 3.05) is 25.0 Å². The highest BCUT2D eigenvalue weighted by Crippen LogP contribution is 2.22. The Balaban J connectivity index is 2.00. The third kappa shape index (κ3) is 3.31. The molecule has 1 heterocycles. The first kappa shape index (κ1) is 14.4. The van der Waals surface area contributed by atoms with Crippen LogP contribution in [0.4, 0.5) is 5.69 Å². The van der Waals surface area contributed by atoms with Crippen molar-refractivity contribution in [2.45, 2.75) is 25.8 Å². The van der Waals surface area contributed by atoms with Gasteiger partial charge in [-0.2, -0.15) is 0 Å². The number of rotatable bonds is 4. The zero-order valence-corrected chi connectivity index (χ0v) is 11.7. The van der Waals surface area contributed by atoms with Crippen LogP contribution in [0.2, 0.25) is 0 Å². The van der Waals surface area contributed by atoms with Crippen molar-refractivity contribution in [2.24, 2.45) is 0 Å². The van der Waals surface area contributed by atoms with Gasteiger partial charge in [-0.1, -0.05) is 12.0 Å². The molecule has 0 amide bonds. The van der Waals surface area contributed by atoms with E-state index >= 15 is 0 Å². The van der Waals surface area contributed by atoms with Crippen LogP contribution < -0.4 is 5.32 Å². The fraction of sp³-hybridized carbons (Fsp3) is 0.438. The summed E-state index contributed by atoms with van der Waals surface area (Å²) >= 11 is 0. The van der Waals surface area contributed by atoms with E-state index in [0.717, 1.165) is 37.2 Å². The first-order valence-electron chi connectivity index (χ1n) is 6.87. The highest BCUT2D eigenvalue weighted by Gasteiger charge is 2.19. The summed E-state index contributed by atoms with van der Waals surface area (Å²) in [6.45, 7) is 4.53. The molecule has 0 unspecified atom stereocenters. The largest absolute Gasteiger partial charge is 0.478 e. The van der Waals surface area contributed by atoms with Crippen LogP contribution in [0.15, 0.2) is 18.2 Å². The van der Waals surface area contributed by atoms with E-state index in [-0.39, 0.29) is 0 Å². The number of anilines is 1. The standard InChI is InChI=1S/C16H20N2O2/c1-3-9-18-10-7-13(8-11-18)17-15-6-4-5-14(12(15)2)16(19)20/h1,4-6,13,17H,7-11H2,2H3,(H,19,20). The highest BCUT2D eigenvalue weighted by atomic mass is 16.4. The van der Waals surface area contributed by atoms with Gasteiger partial charge in [0.1, 0.15) is 0 Å². The van der Waals surface area contributed by atoms with Gasteiger partial charge in [0.05, 0.1) is 12.1 Å². The second-order valence-corrected chi connectivity index (χ2v) is 5.18. The minimum atomic E-state index is -0.880. The van der Waals surface area contributed by atoms with Crippen LogP contribution in [0.3, 0.4) is 0 Å². The van der Waals surface area contributed by atoms with E-state index in [1.165, 1.54) is 0 Å². The molecular formula is C16H20N2O2. The van der Waals surface area contributed by atoms with Crippen LogP contribution in [0.1, 0.15) is 28.8 Å². The van der Waals surface area contributed by atoms with E-state index in [4.69, 9.17) is 11.5 Å². The van der Waals surface area contributed by atoms with E-state index < -0.39 is 5.97 Å². The number of hydrogen-bond donors (Lipinski definition) is 2. The highest BCUT2D eigenvalue weighted by molar-refractivity contribution is 5.91. The molecule has 0 spiro atoms. The van der Waals surface area contributed by atoms with Gasteiger partial charge in [-0.05, 0) is 37.5 Å². The van der Waals surface area contributed by atoms with E-state index in [1.54, 1.807) is 12.1 Å². The summed E-state index contributed by atoms with van der Waals surface area (Å²) in [4.78, 5) is 13.4.